The first kappa shape index (κ1) is 16.2. The number of esters is 1. The van der Waals surface area contributed by atoms with Crippen molar-refractivity contribution < 1.29 is 14.3 Å². The summed E-state index contributed by atoms with van der Waals surface area (Å²) >= 11 is 0. The zero-order valence-corrected chi connectivity index (χ0v) is 12.7. The number of carbonyl (C=O) groups is 2. The summed E-state index contributed by atoms with van der Waals surface area (Å²) in [5.41, 5.74) is 1.56. The summed E-state index contributed by atoms with van der Waals surface area (Å²) < 4.78 is 4.81. The van der Waals surface area contributed by atoms with E-state index in [1.54, 1.807) is 11.0 Å². The standard InChI is InChI=1S/C16H23NO3/c1-5-11-17(14(6-2)16(19)20-4)15(18)13-10-8-7-9-12(13)3/h7-10,14H,5-6,11H2,1-4H3. The molecule has 0 saturated heterocycles. The molecular formula is C16H23NO3. The number of nitrogens with zero attached hydrogens (tertiary/aromatic N) is 1. The monoisotopic (exact) mass is 277 g/mol. The first-order chi connectivity index (χ1) is 9.56. The van der Waals surface area contributed by atoms with Crippen molar-refractivity contribution in [1.29, 1.82) is 0 Å². The molecule has 4 nitrogen and oxygen atoms in total. The predicted octanol–water partition coefficient (Wildman–Crippen LogP) is 2.80. The van der Waals surface area contributed by atoms with Gasteiger partial charge in [-0.15, -0.1) is 0 Å². The number of carbonyl (C=O) groups excluding carboxylic acids is 2. The lowest BCUT2D eigenvalue weighted by Gasteiger charge is -2.29. The number of aryl methyl sites for hydroxylation is 1. The lowest BCUT2D eigenvalue weighted by molar-refractivity contribution is -0.146. The van der Waals surface area contributed by atoms with Crippen molar-refractivity contribution in [2.45, 2.75) is 39.7 Å². The van der Waals surface area contributed by atoms with Crippen LogP contribution < -0.4 is 0 Å². The first-order valence-corrected chi connectivity index (χ1v) is 7.01. The average molecular weight is 277 g/mol. The second-order valence-electron chi connectivity index (χ2n) is 4.76. The van der Waals surface area contributed by atoms with Gasteiger partial charge in [-0.1, -0.05) is 32.0 Å². The number of ether oxygens (including phenoxy) is 1. The highest BCUT2D eigenvalue weighted by atomic mass is 16.5. The molecule has 1 aromatic carbocycles. The van der Waals surface area contributed by atoms with E-state index >= 15 is 0 Å². The van der Waals surface area contributed by atoms with Gasteiger partial charge in [-0.25, -0.2) is 4.79 Å². The van der Waals surface area contributed by atoms with E-state index in [0.29, 0.717) is 18.5 Å². The molecule has 0 aliphatic heterocycles. The van der Waals surface area contributed by atoms with Crippen LogP contribution in [0.4, 0.5) is 0 Å². The lowest BCUT2D eigenvalue weighted by atomic mass is 10.1. The Morgan fingerprint density at radius 3 is 2.40 bits per heavy atom. The van der Waals surface area contributed by atoms with Crippen molar-refractivity contribution in [3.8, 4) is 0 Å². The van der Waals surface area contributed by atoms with Crippen LogP contribution in [0.5, 0.6) is 0 Å². The molecule has 0 saturated carbocycles. The molecule has 0 aromatic heterocycles. The smallest absolute Gasteiger partial charge is 0.328 e. The van der Waals surface area contributed by atoms with Crippen LogP contribution in [0.2, 0.25) is 0 Å². The Morgan fingerprint density at radius 2 is 1.90 bits per heavy atom. The third kappa shape index (κ3) is 3.59. The van der Waals surface area contributed by atoms with E-state index in [9.17, 15) is 9.59 Å². The number of rotatable bonds is 6. The Labute approximate surface area is 120 Å². The highest BCUT2D eigenvalue weighted by molar-refractivity contribution is 5.98. The highest BCUT2D eigenvalue weighted by Gasteiger charge is 2.29. The fourth-order valence-corrected chi connectivity index (χ4v) is 2.26. The van der Waals surface area contributed by atoms with Crippen molar-refractivity contribution in [3.05, 3.63) is 35.4 Å². The van der Waals surface area contributed by atoms with Crippen molar-refractivity contribution in [2.75, 3.05) is 13.7 Å². The van der Waals surface area contributed by atoms with E-state index in [1.165, 1.54) is 7.11 Å². The largest absolute Gasteiger partial charge is 0.467 e. The molecule has 1 unspecified atom stereocenters. The summed E-state index contributed by atoms with van der Waals surface area (Å²) in [4.78, 5) is 26.2. The maximum atomic E-state index is 12.7. The van der Waals surface area contributed by atoms with E-state index < -0.39 is 6.04 Å². The first-order valence-electron chi connectivity index (χ1n) is 7.01. The van der Waals surface area contributed by atoms with Crippen LogP contribution in [0, 0.1) is 6.92 Å². The summed E-state index contributed by atoms with van der Waals surface area (Å²) in [6.07, 6.45) is 1.34. The topological polar surface area (TPSA) is 46.6 Å². The molecule has 1 aromatic rings. The maximum Gasteiger partial charge on any atom is 0.328 e. The Balaban J connectivity index is 3.09. The molecule has 0 heterocycles. The number of benzene rings is 1. The molecule has 0 aliphatic carbocycles. The summed E-state index contributed by atoms with van der Waals surface area (Å²) in [6, 6.07) is 6.91. The summed E-state index contributed by atoms with van der Waals surface area (Å²) in [5.74, 6) is -0.468. The molecule has 0 N–H and O–H groups in total. The van der Waals surface area contributed by atoms with E-state index in [2.05, 4.69) is 0 Å². The minimum absolute atomic E-state index is 0.109. The van der Waals surface area contributed by atoms with Gasteiger partial charge in [-0.2, -0.15) is 0 Å². The van der Waals surface area contributed by atoms with E-state index in [-0.39, 0.29) is 11.9 Å². The summed E-state index contributed by atoms with van der Waals surface area (Å²) in [6.45, 7) is 6.31. The lowest BCUT2D eigenvalue weighted by Crippen LogP contribution is -2.45. The fraction of sp³-hybridized carbons (Fsp3) is 0.500. The molecule has 4 heteroatoms. The maximum absolute atomic E-state index is 12.7. The van der Waals surface area contributed by atoms with Gasteiger partial charge in [0.2, 0.25) is 0 Å². The second-order valence-corrected chi connectivity index (χ2v) is 4.76. The zero-order valence-electron chi connectivity index (χ0n) is 12.7. The zero-order chi connectivity index (χ0) is 15.1. The van der Waals surface area contributed by atoms with Crippen LogP contribution in [0.1, 0.15) is 42.6 Å². The van der Waals surface area contributed by atoms with Crippen LogP contribution in [0.25, 0.3) is 0 Å². The SMILES string of the molecule is CCCN(C(=O)c1ccccc1C)C(CC)C(=O)OC. The van der Waals surface area contributed by atoms with Gasteiger partial charge in [0, 0.05) is 12.1 Å². The van der Waals surface area contributed by atoms with Gasteiger partial charge in [0.25, 0.3) is 5.91 Å². The Kier molecular flexibility index (Phi) is 6.22. The molecule has 1 rings (SSSR count). The number of hydrogen-bond acceptors (Lipinski definition) is 3. The Morgan fingerprint density at radius 1 is 1.25 bits per heavy atom. The molecule has 0 fully saturated rings. The van der Waals surface area contributed by atoms with Gasteiger partial charge < -0.3 is 9.64 Å². The minimum atomic E-state index is -0.521. The van der Waals surface area contributed by atoms with Gasteiger partial charge in [-0.05, 0) is 31.4 Å². The predicted molar refractivity (Wildman–Crippen MR) is 78.6 cm³/mol. The summed E-state index contributed by atoms with van der Waals surface area (Å²) in [5, 5.41) is 0. The Hall–Kier alpha value is -1.84. The summed E-state index contributed by atoms with van der Waals surface area (Å²) in [7, 11) is 1.35. The van der Waals surface area contributed by atoms with Gasteiger partial charge >= 0.3 is 5.97 Å². The molecule has 0 spiro atoms. The van der Waals surface area contributed by atoms with Crippen LogP contribution in [0.15, 0.2) is 24.3 Å². The molecule has 0 bridgehead atoms. The molecule has 20 heavy (non-hydrogen) atoms. The van der Waals surface area contributed by atoms with Crippen LogP contribution in [-0.4, -0.2) is 36.5 Å². The van der Waals surface area contributed by atoms with Gasteiger partial charge in [0.15, 0.2) is 0 Å². The van der Waals surface area contributed by atoms with Crippen molar-refractivity contribution in [3.63, 3.8) is 0 Å². The Bertz CT molecular complexity index is 471. The highest BCUT2D eigenvalue weighted by Crippen LogP contribution is 2.16. The van der Waals surface area contributed by atoms with Crippen molar-refractivity contribution in [1.82, 2.24) is 4.90 Å². The van der Waals surface area contributed by atoms with Gasteiger partial charge in [0.05, 0.1) is 7.11 Å². The average Bonchev–Trinajstić information content (AvgIpc) is 2.46. The molecule has 0 radical (unpaired) electrons. The molecule has 0 aliphatic rings. The molecular weight excluding hydrogens is 254 g/mol. The fourth-order valence-electron chi connectivity index (χ4n) is 2.26. The van der Waals surface area contributed by atoms with Crippen molar-refractivity contribution >= 4 is 11.9 Å². The van der Waals surface area contributed by atoms with Gasteiger partial charge in [0.1, 0.15) is 6.04 Å². The number of amides is 1. The van der Waals surface area contributed by atoms with Crippen LogP contribution in [-0.2, 0) is 9.53 Å². The number of methoxy groups -OCH3 is 1. The van der Waals surface area contributed by atoms with E-state index in [1.807, 2.05) is 39.0 Å². The third-order valence-electron chi connectivity index (χ3n) is 3.34. The third-order valence-corrected chi connectivity index (χ3v) is 3.34. The van der Waals surface area contributed by atoms with Gasteiger partial charge in [-0.3, -0.25) is 4.79 Å². The van der Waals surface area contributed by atoms with Crippen LogP contribution >= 0.6 is 0 Å². The quantitative estimate of drug-likeness (QED) is 0.751. The number of hydrogen-bond donors (Lipinski definition) is 0. The molecule has 1 amide bonds. The van der Waals surface area contributed by atoms with Crippen molar-refractivity contribution in [2.24, 2.45) is 0 Å². The van der Waals surface area contributed by atoms with E-state index in [0.717, 1.165) is 12.0 Å². The normalized spacial score (nSPS) is 11.8. The molecule has 110 valence electrons. The molecule has 1 atom stereocenters. The van der Waals surface area contributed by atoms with E-state index in [4.69, 9.17) is 4.74 Å². The van der Waals surface area contributed by atoms with Crippen LogP contribution in [0.3, 0.4) is 0 Å². The minimum Gasteiger partial charge on any atom is -0.467 e. The second kappa shape index (κ2) is 7.68.